The molecule has 0 aliphatic carbocycles. The van der Waals surface area contributed by atoms with E-state index >= 15 is 0 Å². The predicted octanol–water partition coefficient (Wildman–Crippen LogP) is 15.4. The SMILES string of the molecule is Cc1cc(Nc2nc(Nc3ccccc3)nc(N3CCOCC3)n2)ccc1/C=C/c1ccc(Cc2nc(Cc3ccccc3)nc(N3CCOCC3)n2)cc1S(=O)(=O)[O-].Cc1cc(Nc2nc(Nc3ccccc3)nc(Nc3ccccc3)n2)ccc1/C=C/c1ccc(Cc2nc(Cc3ccccc3)nc(Nc3ccccc3)n2)cc1S(=O)(=O)[O-]. The maximum Gasteiger partial charge on any atom is 0.233 e. The van der Waals surface area contributed by atoms with Crippen LogP contribution in [0.25, 0.3) is 24.3 Å². The largest absolute Gasteiger partial charge is 0.744 e. The quantitative estimate of drug-likeness (QED) is 0.0196. The van der Waals surface area contributed by atoms with Crippen molar-refractivity contribution in [3.05, 3.63) is 334 Å². The Morgan fingerprint density at radius 2 is 0.575 bits per heavy atom. The predicted molar refractivity (Wildman–Crippen MR) is 464 cm³/mol. The van der Waals surface area contributed by atoms with Crippen molar-refractivity contribution in [3.63, 3.8) is 0 Å². The highest BCUT2D eigenvalue weighted by molar-refractivity contribution is 7.86. The van der Waals surface area contributed by atoms with Crippen LogP contribution in [0.1, 0.15) is 78.9 Å². The van der Waals surface area contributed by atoms with E-state index in [1.54, 1.807) is 48.6 Å². The van der Waals surface area contributed by atoms with Crippen molar-refractivity contribution in [1.29, 1.82) is 0 Å². The lowest BCUT2D eigenvalue weighted by Gasteiger charge is -2.27. The second kappa shape index (κ2) is 38.3. The second-order valence-electron chi connectivity index (χ2n) is 28.1. The summed E-state index contributed by atoms with van der Waals surface area (Å²) in [5, 5.41) is 19.6. The fourth-order valence-electron chi connectivity index (χ4n) is 13.2. The van der Waals surface area contributed by atoms with Crippen molar-refractivity contribution in [2.24, 2.45) is 0 Å². The zero-order valence-corrected chi connectivity index (χ0v) is 67.0. The van der Waals surface area contributed by atoms with Crippen LogP contribution in [0.2, 0.25) is 0 Å². The van der Waals surface area contributed by atoms with Crippen LogP contribution in [0.5, 0.6) is 0 Å². The fourth-order valence-corrected chi connectivity index (χ4v) is 14.7. The van der Waals surface area contributed by atoms with Crippen LogP contribution in [0.4, 0.5) is 81.7 Å². The molecule has 28 nitrogen and oxygen atoms in total. The number of nitrogens with zero attached hydrogens (tertiary/aromatic N) is 14. The second-order valence-corrected chi connectivity index (χ2v) is 30.8. The summed E-state index contributed by atoms with van der Waals surface area (Å²) in [5.41, 5.74) is 12.0. The highest BCUT2D eigenvalue weighted by Crippen LogP contribution is 2.31. The number of benzene rings is 10. The molecule has 4 aromatic heterocycles. The number of nitrogens with one attached hydrogen (secondary N) is 6. The number of para-hydroxylation sites is 4. The van der Waals surface area contributed by atoms with Crippen molar-refractivity contribution in [3.8, 4) is 0 Å². The van der Waals surface area contributed by atoms with Crippen molar-refractivity contribution >= 4 is 126 Å². The molecule has 0 radical (unpaired) electrons. The van der Waals surface area contributed by atoms with E-state index in [0.717, 1.165) is 67.5 Å². The molecule has 2 fully saturated rings. The first-order chi connectivity index (χ1) is 58.4. The zero-order chi connectivity index (χ0) is 82.6. The molecule has 120 heavy (non-hydrogen) atoms. The molecule has 0 spiro atoms. The first-order valence-corrected chi connectivity index (χ1v) is 41.5. The highest BCUT2D eigenvalue weighted by atomic mass is 32.2. The summed E-state index contributed by atoms with van der Waals surface area (Å²) in [6, 6.07) is 79.3. The van der Waals surface area contributed by atoms with Crippen LogP contribution in [-0.4, -0.2) is 138 Å². The minimum Gasteiger partial charge on any atom is -0.744 e. The third-order valence-electron chi connectivity index (χ3n) is 19.2. The number of hydrogen-bond donors (Lipinski definition) is 6. The summed E-state index contributed by atoms with van der Waals surface area (Å²) in [5.74, 6) is 5.28. The number of rotatable bonds is 28. The van der Waals surface area contributed by atoms with Crippen molar-refractivity contribution in [1.82, 2.24) is 59.8 Å². The van der Waals surface area contributed by atoms with Crippen LogP contribution < -0.4 is 41.7 Å². The molecule has 0 unspecified atom stereocenters. The molecule has 604 valence electrons. The number of ether oxygens (including phenoxy) is 2. The van der Waals surface area contributed by atoms with E-state index in [0.29, 0.717) is 147 Å². The molecular weight excluding hydrogens is 1550 g/mol. The Bertz CT molecular complexity index is 6070. The van der Waals surface area contributed by atoms with E-state index in [1.807, 2.05) is 232 Å². The summed E-state index contributed by atoms with van der Waals surface area (Å²) in [6.45, 7) is 8.81. The van der Waals surface area contributed by atoms with Gasteiger partial charge in [-0.15, -0.1) is 0 Å². The van der Waals surface area contributed by atoms with Crippen molar-refractivity contribution < 1.29 is 35.4 Å². The summed E-state index contributed by atoms with van der Waals surface area (Å²) < 4.78 is 86.9. The first kappa shape index (κ1) is 81.0. The summed E-state index contributed by atoms with van der Waals surface area (Å²) in [7, 11) is -9.69. The maximum absolute atomic E-state index is 12.6. The third kappa shape index (κ3) is 22.7. The standard InChI is InChI=1S/C47H40N10O3S.C43H44N10O5S/c1-32-28-40(51-47-56-45(49-38-18-10-4-11-19-38)55-46(57-47)50-39-20-12-5-13-21-39)27-26-35(32)24-25-36-23-22-34(29-41(36)61(58,59)60)31-43-52-42(30-33-14-6-2-7-15-33)53-44(54-43)48-37-16-8-3-9-17-37;1-30-26-36(45-41-49-40(44-35-10-6-3-7-11-35)50-43(51-41)53-20-24-58-25-21-53)17-16-33(30)14-15-34-13-12-32(27-37(34)59(54,55)56)29-39-46-38(28-31-8-4-2-5-9-31)47-42(48-39)52-18-22-57-23-19-52/h2-29H,30-31H2,1H3,(H,58,59,60)(H,48,52,53,54)(H3,49,50,51,55,56,57);2-17,26-27H,18-25,28-29H2,1H3,(H,54,55,56)(H2,44,45,49,50,51)/p-2/b25-24+;15-14+. The molecule has 16 rings (SSSR count). The third-order valence-corrected chi connectivity index (χ3v) is 21.0. The number of aryl methyl sites for hydroxylation is 2. The van der Waals surface area contributed by atoms with Gasteiger partial charge in [-0.25, -0.2) is 26.8 Å². The number of hydrogen-bond acceptors (Lipinski definition) is 28. The van der Waals surface area contributed by atoms with E-state index in [2.05, 4.69) is 76.6 Å². The van der Waals surface area contributed by atoms with E-state index < -0.39 is 20.2 Å². The van der Waals surface area contributed by atoms with E-state index in [-0.39, 0.29) is 33.8 Å². The van der Waals surface area contributed by atoms with Gasteiger partial charge in [0.1, 0.15) is 43.5 Å². The minimum atomic E-state index is -4.86. The van der Waals surface area contributed by atoms with Gasteiger partial charge in [0.2, 0.25) is 47.6 Å². The van der Waals surface area contributed by atoms with Gasteiger partial charge in [-0.2, -0.15) is 49.8 Å². The lowest BCUT2D eigenvalue weighted by Crippen LogP contribution is -2.37. The van der Waals surface area contributed by atoms with Gasteiger partial charge < -0.3 is 60.3 Å². The highest BCUT2D eigenvalue weighted by Gasteiger charge is 2.22. The number of morpholine rings is 2. The van der Waals surface area contributed by atoms with Crippen LogP contribution in [0, 0.1) is 13.8 Å². The molecule has 0 amide bonds. The Hall–Kier alpha value is -14.1. The number of anilines is 14. The van der Waals surface area contributed by atoms with Crippen LogP contribution in [-0.2, 0) is 55.4 Å². The Kier molecular flexibility index (Phi) is 25.9. The normalized spacial score (nSPS) is 13.0. The molecular formula is C90H82N20O8S2-2. The van der Waals surface area contributed by atoms with Crippen molar-refractivity contribution in [2.75, 3.05) is 94.3 Å². The van der Waals surface area contributed by atoms with E-state index in [4.69, 9.17) is 34.4 Å². The van der Waals surface area contributed by atoms with Gasteiger partial charge in [-0.1, -0.05) is 194 Å². The van der Waals surface area contributed by atoms with Gasteiger partial charge in [0, 0.05) is 86.0 Å². The van der Waals surface area contributed by atoms with Crippen LogP contribution in [0.15, 0.2) is 265 Å². The van der Waals surface area contributed by atoms with Gasteiger partial charge in [0.15, 0.2) is 0 Å². The topological polar surface area (TPSA) is 366 Å². The summed E-state index contributed by atoms with van der Waals surface area (Å²) in [6.07, 6.45) is 8.20. The molecule has 2 aliphatic heterocycles. The van der Waals surface area contributed by atoms with Gasteiger partial charge in [0.05, 0.1) is 36.2 Å². The van der Waals surface area contributed by atoms with E-state index in [1.165, 1.54) is 12.1 Å². The van der Waals surface area contributed by atoms with Crippen LogP contribution in [0.3, 0.4) is 0 Å². The van der Waals surface area contributed by atoms with Gasteiger partial charge in [0.25, 0.3) is 0 Å². The molecule has 6 N–H and O–H groups in total. The molecule has 30 heteroatoms. The molecule has 2 aliphatic rings. The molecule has 0 atom stereocenters. The average molecular weight is 1640 g/mol. The van der Waals surface area contributed by atoms with Gasteiger partial charge >= 0.3 is 0 Å². The Balaban J connectivity index is 0.000000187. The molecule has 0 bridgehead atoms. The van der Waals surface area contributed by atoms with E-state index in [9.17, 15) is 25.9 Å². The fraction of sp³-hybridized carbons (Fsp3) is 0.156. The lowest BCUT2D eigenvalue weighted by molar-refractivity contribution is 0.122. The molecule has 14 aromatic rings. The maximum atomic E-state index is 12.6. The smallest absolute Gasteiger partial charge is 0.233 e. The molecule has 6 heterocycles. The molecule has 2 saturated heterocycles. The summed E-state index contributed by atoms with van der Waals surface area (Å²) >= 11 is 0. The zero-order valence-electron chi connectivity index (χ0n) is 65.4. The average Bonchev–Trinajstić information content (AvgIpc) is 0.858. The lowest BCUT2D eigenvalue weighted by atomic mass is 10.0. The monoisotopic (exact) mass is 1630 g/mol. The summed E-state index contributed by atoms with van der Waals surface area (Å²) in [4.78, 5) is 59.5. The minimum absolute atomic E-state index is 0.169. The first-order valence-electron chi connectivity index (χ1n) is 38.7. The van der Waals surface area contributed by atoms with Crippen LogP contribution >= 0.6 is 0 Å². The molecule has 0 saturated carbocycles. The van der Waals surface area contributed by atoms with Crippen molar-refractivity contribution in [2.45, 2.75) is 49.3 Å². The Labute approximate surface area is 694 Å². The van der Waals surface area contributed by atoms with Gasteiger partial charge in [-0.3, -0.25) is 0 Å². The Morgan fingerprint density at radius 1 is 0.300 bits per heavy atom. The van der Waals surface area contributed by atoms with Gasteiger partial charge in [-0.05, 0) is 154 Å². The molecule has 10 aromatic carbocycles. The number of aromatic nitrogens is 12. The Morgan fingerprint density at radius 3 is 0.908 bits per heavy atom.